The van der Waals surface area contributed by atoms with Gasteiger partial charge < -0.3 is 19.5 Å². The minimum absolute atomic E-state index is 0.140. The number of piperazine rings is 1. The van der Waals surface area contributed by atoms with Crippen molar-refractivity contribution in [2.24, 2.45) is 17.8 Å². The van der Waals surface area contributed by atoms with Crippen LogP contribution in [0.5, 0.6) is 0 Å². The molecule has 6 rings (SSSR count). The van der Waals surface area contributed by atoms with Gasteiger partial charge in [-0.25, -0.2) is 9.78 Å². The molecule has 1 spiro atoms. The number of hydrogen-bond acceptors (Lipinski definition) is 7. The molecule has 1 aliphatic carbocycles. The molecule has 1 N–H and O–H groups in total. The van der Waals surface area contributed by atoms with Crippen LogP contribution in [0.3, 0.4) is 0 Å². The lowest BCUT2D eigenvalue weighted by atomic mass is 9.60. The monoisotopic (exact) mass is 424 g/mol. The summed E-state index contributed by atoms with van der Waals surface area (Å²) in [7, 11) is 0. The van der Waals surface area contributed by atoms with Crippen LogP contribution in [-0.2, 0) is 24.0 Å². The van der Waals surface area contributed by atoms with E-state index in [1.165, 1.54) is 6.42 Å². The second-order valence-corrected chi connectivity index (χ2v) is 10.2. The lowest BCUT2D eigenvalue weighted by Crippen LogP contribution is -2.69. The minimum Gasteiger partial charge on any atom is -0.480 e. The van der Waals surface area contributed by atoms with E-state index in [1.54, 1.807) is 0 Å². The molecule has 2 bridgehead atoms. The van der Waals surface area contributed by atoms with Crippen LogP contribution in [0, 0.1) is 17.8 Å². The van der Waals surface area contributed by atoms with E-state index >= 15 is 0 Å². The van der Waals surface area contributed by atoms with Gasteiger partial charge in [-0.1, -0.05) is 13.3 Å². The van der Waals surface area contributed by atoms with Gasteiger partial charge in [0.25, 0.3) is 0 Å². The fraction of sp³-hybridized carbons (Fsp3) is 0.955. The Morgan fingerprint density at radius 2 is 1.87 bits per heavy atom. The average Bonchev–Trinajstić information content (AvgIpc) is 2.95. The van der Waals surface area contributed by atoms with Crippen molar-refractivity contribution in [2.75, 3.05) is 39.3 Å². The van der Waals surface area contributed by atoms with Crippen molar-refractivity contribution in [1.82, 2.24) is 9.80 Å². The van der Waals surface area contributed by atoms with E-state index < -0.39 is 17.4 Å². The lowest BCUT2D eigenvalue weighted by molar-refractivity contribution is -0.569. The Kier molecular flexibility index (Phi) is 5.61. The first-order chi connectivity index (χ1) is 14.4. The number of nitrogens with zero attached hydrogens (tertiary/aromatic N) is 2. The molecule has 7 atom stereocenters. The molecule has 0 aromatic heterocycles. The zero-order chi connectivity index (χ0) is 20.9. The van der Waals surface area contributed by atoms with Gasteiger partial charge in [-0.3, -0.25) is 9.69 Å². The van der Waals surface area contributed by atoms with Gasteiger partial charge in [0.1, 0.15) is 0 Å². The summed E-state index contributed by atoms with van der Waals surface area (Å²) in [5.41, 5.74) is -0.452. The molecule has 1 saturated carbocycles. The smallest absolute Gasteiger partial charge is 0.317 e. The molecule has 5 aliphatic heterocycles. The van der Waals surface area contributed by atoms with Crippen molar-refractivity contribution < 1.29 is 29.1 Å². The number of rotatable bonds is 5. The fourth-order valence-electron chi connectivity index (χ4n) is 6.63. The predicted molar refractivity (Wildman–Crippen MR) is 107 cm³/mol. The Labute approximate surface area is 178 Å². The quantitative estimate of drug-likeness (QED) is 0.672. The van der Waals surface area contributed by atoms with E-state index in [0.29, 0.717) is 17.8 Å². The molecule has 8 nitrogen and oxygen atoms in total. The topological polar surface area (TPSA) is 80.7 Å². The van der Waals surface area contributed by atoms with Gasteiger partial charge in [0.15, 0.2) is 11.9 Å². The molecule has 30 heavy (non-hydrogen) atoms. The number of carboxylic acid groups (broad SMARTS) is 1. The molecule has 170 valence electrons. The highest BCUT2D eigenvalue weighted by Crippen LogP contribution is 2.59. The summed E-state index contributed by atoms with van der Waals surface area (Å²) in [5.74, 6) is -0.216. The molecule has 6 fully saturated rings. The van der Waals surface area contributed by atoms with E-state index in [9.17, 15) is 4.79 Å². The Morgan fingerprint density at radius 3 is 2.63 bits per heavy atom. The zero-order valence-corrected chi connectivity index (χ0v) is 18.3. The van der Waals surface area contributed by atoms with E-state index in [4.69, 9.17) is 24.4 Å². The molecule has 6 aliphatic rings. The Morgan fingerprint density at radius 1 is 1.10 bits per heavy atom. The van der Waals surface area contributed by atoms with Crippen LogP contribution >= 0.6 is 0 Å². The summed E-state index contributed by atoms with van der Waals surface area (Å²) in [5, 5.41) is 8.98. The molecule has 0 amide bonds. The van der Waals surface area contributed by atoms with Gasteiger partial charge >= 0.3 is 5.97 Å². The summed E-state index contributed by atoms with van der Waals surface area (Å²) < 4.78 is 13.0. The van der Waals surface area contributed by atoms with Crippen LogP contribution < -0.4 is 0 Å². The average molecular weight is 425 g/mol. The maximum Gasteiger partial charge on any atom is 0.317 e. The molecule has 0 aromatic rings. The molecular weight excluding hydrogens is 388 g/mol. The number of aliphatic carboxylic acids is 1. The summed E-state index contributed by atoms with van der Waals surface area (Å²) in [6.07, 6.45) is 6.25. The summed E-state index contributed by atoms with van der Waals surface area (Å²) in [6, 6.07) is 0. The molecule has 0 radical (unpaired) electrons. The van der Waals surface area contributed by atoms with E-state index in [0.717, 1.165) is 64.8 Å². The first-order valence-corrected chi connectivity index (χ1v) is 11.8. The molecular formula is C22H36N2O6. The highest BCUT2D eigenvalue weighted by atomic mass is 17.3. The number of carboxylic acids is 1. The second kappa shape index (κ2) is 7.98. The standard InChI is InChI=1S/C22H36N2O6/c1-15-17-5-3-4-16-6-8-21(2)28-20(22(16,17)30-29-21)27-18(15)7-9-23-10-12-24(13-11-23)14-19(25)26/h15-18,20H,3-14H2,1-2H3,(H,25,26). The molecule has 8 heteroatoms. The summed E-state index contributed by atoms with van der Waals surface area (Å²) >= 11 is 0. The first-order valence-electron chi connectivity index (χ1n) is 11.8. The maximum absolute atomic E-state index is 10.9. The first kappa shape index (κ1) is 21.1. The zero-order valence-electron chi connectivity index (χ0n) is 18.3. The van der Waals surface area contributed by atoms with Crippen molar-refractivity contribution >= 4 is 5.97 Å². The fourth-order valence-corrected chi connectivity index (χ4v) is 6.63. The third-order valence-corrected chi connectivity index (χ3v) is 8.39. The van der Waals surface area contributed by atoms with Crippen LogP contribution in [-0.4, -0.2) is 83.9 Å². The van der Waals surface area contributed by atoms with Crippen molar-refractivity contribution in [3.63, 3.8) is 0 Å². The van der Waals surface area contributed by atoms with Crippen LogP contribution in [0.25, 0.3) is 0 Å². The van der Waals surface area contributed by atoms with Gasteiger partial charge in [0, 0.05) is 45.1 Å². The van der Waals surface area contributed by atoms with Crippen LogP contribution in [0.15, 0.2) is 0 Å². The number of ether oxygens (including phenoxy) is 2. The van der Waals surface area contributed by atoms with E-state index in [1.807, 2.05) is 11.8 Å². The van der Waals surface area contributed by atoms with Gasteiger partial charge in [-0.2, -0.15) is 0 Å². The van der Waals surface area contributed by atoms with Gasteiger partial charge in [-0.05, 0) is 44.4 Å². The Hall–Kier alpha value is -0.770. The third kappa shape index (κ3) is 3.59. The van der Waals surface area contributed by atoms with Gasteiger partial charge in [0.05, 0.1) is 12.6 Å². The number of carbonyl (C=O) groups is 1. The normalized spacial score (nSPS) is 46.9. The van der Waals surface area contributed by atoms with Gasteiger partial charge in [-0.15, -0.1) is 0 Å². The summed E-state index contributed by atoms with van der Waals surface area (Å²) in [4.78, 5) is 27.4. The molecule has 5 heterocycles. The lowest BCUT2D eigenvalue weighted by Gasteiger charge is -2.59. The summed E-state index contributed by atoms with van der Waals surface area (Å²) in [6.45, 7) is 8.86. The second-order valence-electron chi connectivity index (χ2n) is 10.2. The van der Waals surface area contributed by atoms with Gasteiger partial charge in [0.2, 0.25) is 5.79 Å². The van der Waals surface area contributed by atoms with Crippen LogP contribution in [0.2, 0.25) is 0 Å². The predicted octanol–water partition coefficient (Wildman–Crippen LogP) is 2.08. The van der Waals surface area contributed by atoms with E-state index in [-0.39, 0.29) is 18.9 Å². The Bertz CT molecular complexity index is 656. The molecule has 5 saturated heterocycles. The van der Waals surface area contributed by atoms with Crippen molar-refractivity contribution in [2.45, 2.75) is 76.2 Å². The largest absolute Gasteiger partial charge is 0.480 e. The van der Waals surface area contributed by atoms with Crippen molar-refractivity contribution in [1.29, 1.82) is 0 Å². The molecule has 0 aromatic carbocycles. The van der Waals surface area contributed by atoms with Crippen molar-refractivity contribution in [3.05, 3.63) is 0 Å². The Balaban J connectivity index is 1.24. The highest BCUT2D eigenvalue weighted by molar-refractivity contribution is 5.69. The number of fused-ring (bicyclic) bond motifs is 2. The van der Waals surface area contributed by atoms with Crippen LogP contribution in [0.4, 0.5) is 0 Å². The van der Waals surface area contributed by atoms with E-state index in [2.05, 4.69) is 11.8 Å². The van der Waals surface area contributed by atoms with Crippen LogP contribution in [0.1, 0.15) is 52.4 Å². The molecule has 7 unspecified atom stereocenters. The number of hydrogen-bond donors (Lipinski definition) is 1. The van der Waals surface area contributed by atoms with Crippen molar-refractivity contribution in [3.8, 4) is 0 Å². The minimum atomic E-state index is -0.745. The third-order valence-electron chi connectivity index (χ3n) is 8.39. The SMILES string of the molecule is CC1C(CCN2CCN(CC(=O)O)CC2)OC2OC3(C)CCC4CCCC1C42OO3. The maximum atomic E-state index is 10.9. The highest BCUT2D eigenvalue weighted by Gasteiger charge is 2.67.